The molecule has 2 unspecified atom stereocenters. The first-order chi connectivity index (χ1) is 13.7. The summed E-state index contributed by atoms with van der Waals surface area (Å²) in [6.45, 7) is 5.60. The van der Waals surface area contributed by atoms with Crippen LogP contribution in [0.3, 0.4) is 0 Å². The molecule has 0 saturated carbocycles. The van der Waals surface area contributed by atoms with E-state index >= 15 is 0 Å². The number of amides is 1. The van der Waals surface area contributed by atoms with Gasteiger partial charge < -0.3 is 10.1 Å². The quantitative estimate of drug-likeness (QED) is 0.674. The van der Waals surface area contributed by atoms with Crippen LogP contribution >= 0.6 is 0 Å². The molecule has 0 aliphatic rings. The Hall–Kier alpha value is -2.54. The molecule has 6 nitrogen and oxygen atoms in total. The molecule has 0 spiro atoms. The van der Waals surface area contributed by atoms with Crippen molar-refractivity contribution in [2.45, 2.75) is 45.7 Å². The largest absolute Gasteiger partial charge is 0.497 e. The van der Waals surface area contributed by atoms with Crippen molar-refractivity contribution in [3.8, 4) is 5.75 Å². The molecule has 2 rings (SSSR count). The highest BCUT2D eigenvalue weighted by molar-refractivity contribution is 7.92. The van der Waals surface area contributed by atoms with E-state index in [2.05, 4.69) is 5.32 Å². The van der Waals surface area contributed by atoms with E-state index in [1.807, 2.05) is 50.2 Å². The van der Waals surface area contributed by atoms with Crippen molar-refractivity contribution in [1.82, 2.24) is 5.32 Å². The number of anilines is 1. The number of ether oxygens (including phenoxy) is 1. The van der Waals surface area contributed by atoms with Crippen LogP contribution in [0.15, 0.2) is 48.5 Å². The summed E-state index contributed by atoms with van der Waals surface area (Å²) in [5.41, 5.74) is 2.52. The monoisotopic (exact) mass is 418 g/mol. The average Bonchev–Trinajstić information content (AvgIpc) is 2.71. The van der Waals surface area contributed by atoms with Crippen LogP contribution in [0.25, 0.3) is 0 Å². The zero-order chi connectivity index (χ0) is 21.6. The first-order valence-corrected chi connectivity index (χ1v) is 11.6. The number of aryl methyl sites for hydroxylation is 1. The molecule has 1 N–H and O–H groups in total. The molecule has 0 aliphatic heterocycles. The van der Waals surface area contributed by atoms with Crippen molar-refractivity contribution in [2.24, 2.45) is 0 Å². The second kappa shape index (κ2) is 9.78. The maximum absolute atomic E-state index is 13.0. The Kier molecular flexibility index (Phi) is 7.67. The van der Waals surface area contributed by atoms with Crippen LogP contribution in [-0.2, 0) is 21.2 Å². The van der Waals surface area contributed by atoms with E-state index in [0.29, 0.717) is 12.1 Å². The molecule has 0 bridgehead atoms. The number of nitrogens with one attached hydrogen (secondary N) is 1. The number of hydrogen-bond acceptors (Lipinski definition) is 4. The van der Waals surface area contributed by atoms with Gasteiger partial charge in [-0.25, -0.2) is 8.42 Å². The molecule has 0 radical (unpaired) electrons. The Bertz CT molecular complexity index is 909. The number of benzene rings is 2. The zero-order valence-electron chi connectivity index (χ0n) is 17.7. The smallest absolute Gasteiger partial charge is 0.244 e. The molecule has 0 fully saturated rings. The SMILES string of the molecule is CCc1ccc(N(C(C)C(=O)NC(CC)c2ccc(OC)cc2)S(C)(=O)=O)cc1. The summed E-state index contributed by atoms with van der Waals surface area (Å²) in [4.78, 5) is 13.0. The highest BCUT2D eigenvalue weighted by atomic mass is 32.2. The van der Waals surface area contributed by atoms with Crippen molar-refractivity contribution in [2.75, 3.05) is 17.7 Å². The van der Waals surface area contributed by atoms with Gasteiger partial charge in [-0.3, -0.25) is 9.10 Å². The molecule has 0 aromatic heterocycles. The molecule has 7 heteroatoms. The van der Waals surface area contributed by atoms with Gasteiger partial charge in [-0.2, -0.15) is 0 Å². The highest BCUT2D eigenvalue weighted by Gasteiger charge is 2.30. The van der Waals surface area contributed by atoms with Crippen LogP contribution in [0.5, 0.6) is 5.75 Å². The molecule has 2 aromatic rings. The van der Waals surface area contributed by atoms with E-state index in [4.69, 9.17) is 4.74 Å². The van der Waals surface area contributed by atoms with Crippen molar-refractivity contribution in [3.63, 3.8) is 0 Å². The van der Waals surface area contributed by atoms with Gasteiger partial charge >= 0.3 is 0 Å². The van der Waals surface area contributed by atoms with Crippen LogP contribution in [0.1, 0.15) is 44.4 Å². The Morgan fingerprint density at radius 2 is 1.66 bits per heavy atom. The minimum atomic E-state index is -3.64. The minimum Gasteiger partial charge on any atom is -0.497 e. The Labute approximate surface area is 173 Å². The van der Waals surface area contributed by atoms with E-state index in [0.717, 1.165) is 29.6 Å². The third-order valence-corrected chi connectivity index (χ3v) is 6.17. The summed E-state index contributed by atoms with van der Waals surface area (Å²) in [6.07, 6.45) is 2.65. The van der Waals surface area contributed by atoms with Crippen molar-refractivity contribution in [3.05, 3.63) is 59.7 Å². The lowest BCUT2D eigenvalue weighted by Crippen LogP contribution is -2.48. The summed E-state index contributed by atoms with van der Waals surface area (Å²) >= 11 is 0. The van der Waals surface area contributed by atoms with Crippen LogP contribution in [0.4, 0.5) is 5.69 Å². The molecule has 0 saturated heterocycles. The first-order valence-electron chi connectivity index (χ1n) is 9.73. The number of carbonyl (C=O) groups excluding carboxylic acids is 1. The van der Waals surface area contributed by atoms with Gasteiger partial charge in [0.25, 0.3) is 0 Å². The van der Waals surface area contributed by atoms with Gasteiger partial charge in [-0.15, -0.1) is 0 Å². The van der Waals surface area contributed by atoms with E-state index in [9.17, 15) is 13.2 Å². The molecular weight excluding hydrogens is 388 g/mol. The molecule has 1 amide bonds. The van der Waals surface area contributed by atoms with Gasteiger partial charge in [-0.05, 0) is 55.2 Å². The molecule has 158 valence electrons. The summed E-state index contributed by atoms with van der Waals surface area (Å²) in [7, 11) is -2.04. The standard InChI is InChI=1S/C22H30N2O4S/c1-6-17-8-12-19(13-9-17)24(29(5,26)27)16(3)22(25)23-21(7-2)18-10-14-20(28-4)15-11-18/h8-16,21H,6-7H2,1-5H3,(H,23,25). The molecule has 2 atom stereocenters. The highest BCUT2D eigenvalue weighted by Crippen LogP contribution is 2.24. The minimum absolute atomic E-state index is 0.222. The van der Waals surface area contributed by atoms with E-state index in [-0.39, 0.29) is 11.9 Å². The molecule has 0 heterocycles. The average molecular weight is 419 g/mol. The van der Waals surface area contributed by atoms with Gasteiger partial charge in [0.05, 0.1) is 25.1 Å². The normalized spacial score (nSPS) is 13.4. The predicted molar refractivity (Wildman–Crippen MR) is 117 cm³/mol. The van der Waals surface area contributed by atoms with E-state index < -0.39 is 16.1 Å². The Morgan fingerprint density at radius 3 is 2.10 bits per heavy atom. The van der Waals surface area contributed by atoms with Gasteiger partial charge in [0.2, 0.25) is 15.9 Å². The van der Waals surface area contributed by atoms with Crippen molar-refractivity contribution < 1.29 is 17.9 Å². The Morgan fingerprint density at radius 1 is 1.07 bits per heavy atom. The van der Waals surface area contributed by atoms with E-state index in [1.54, 1.807) is 26.2 Å². The van der Waals surface area contributed by atoms with Crippen molar-refractivity contribution >= 4 is 21.6 Å². The van der Waals surface area contributed by atoms with Gasteiger partial charge in [0.1, 0.15) is 11.8 Å². The maximum atomic E-state index is 13.0. The number of carbonyl (C=O) groups is 1. The lowest BCUT2D eigenvalue weighted by atomic mass is 10.0. The van der Waals surface area contributed by atoms with Crippen LogP contribution in [-0.4, -0.2) is 33.7 Å². The fourth-order valence-corrected chi connectivity index (χ4v) is 4.41. The lowest BCUT2D eigenvalue weighted by Gasteiger charge is -2.30. The zero-order valence-corrected chi connectivity index (χ0v) is 18.5. The second-order valence-corrected chi connectivity index (χ2v) is 8.86. The lowest BCUT2D eigenvalue weighted by molar-refractivity contribution is -0.122. The number of methoxy groups -OCH3 is 1. The maximum Gasteiger partial charge on any atom is 0.244 e. The predicted octanol–water partition coefficient (Wildman–Crippen LogP) is 3.68. The fourth-order valence-electron chi connectivity index (χ4n) is 3.24. The summed E-state index contributed by atoms with van der Waals surface area (Å²) in [5, 5.41) is 2.98. The fraction of sp³-hybridized carbons (Fsp3) is 0.409. The van der Waals surface area contributed by atoms with Crippen molar-refractivity contribution in [1.29, 1.82) is 0 Å². The van der Waals surface area contributed by atoms with Crippen LogP contribution < -0.4 is 14.4 Å². The van der Waals surface area contributed by atoms with Gasteiger partial charge in [-0.1, -0.05) is 38.1 Å². The topological polar surface area (TPSA) is 75.7 Å². The summed E-state index contributed by atoms with van der Waals surface area (Å²) in [5.74, 6) is 0.389. The molecule has 0 aliphatic carbocycles. The summed E-state index contributed by atoms with van der Waals surface area (Å²) in [6, 6.07) is 13.6. The molecular formula is C22H30N2O4S. The third kappa shape index (κ3) is 5.73. The van der Waals surface area contributed by atoms with Crippen LogP contribution in [0, 0.1) is 0 Å². The van der Waals surface area contributed by atoms with Crippen LogP contribution in [0.2, 0.25) is 0 Å². The number of hydrogen-bond donors (Lipinski definition) is 1. The first kappa shape index (κ1) is 22.7. The summed E-state index contributed by atoms with van der Waals surface area (Å²) < 4.78 is 31.3. The Balaban J connectivity index is 2.24. The van der Waals surface area contributed by atoms with Gasteiger partial charge in [0.15, 0.2) is 0 Å². The molecule has 29 heavy (non-hydrogen) atoms. The van der Waals surface area contributed by atoms with E-state index in [1.165, 1.54) is 4.31 Å². The number of rotatable bonds is 9. The third-order valence-electron chi connectivity index (χ3n) is 4.93. The second-order valence-electron chi connectivity index (χ2n) is 7.00. The number of sulfonamides is 1. The van der Waals surface area contributed by atoms with Gasteiger partial charge in [0, 0.05) is 0 Å². The molecule has 2 aromatic carbocycles. The number of nitrogens with zero attached hydrogens (tertiary/aromatic N) is 1.